The van der Waals surface area contributed by atoms with E-state index in [1.54, 1.807) is 0 Å². The van der Waals surface area contributed by atoms with Gasteiger partial charge in [0.15, 0.2) is 0 Å². The van der Waals surface area contributed by atoms with Gasteiger partial charge in [-0.1, -0.05) is 29.9 Å². The Kier molecular flexibility index (Phi) is 1.49. The van der Waals surface area contributed by atoms with Crippen molar-refractivity contribution in [3.63, 3.8) is 0 Å². The molecule has 1 saturated carbocycles. The largest absolute Gasteiger partial charge is 0.784 e. The third-order valence-corrected chi connectivity index (χ3v) is 3.23. The molecule has 1 aliphatic heterocycles. The molecule has 2 nitrogen and oxygen atoms in total. The topological polar surface area (TPSA) is 26.3 Å². The van der Waals surface area contributed by atoms with Crippen molar-refractivity contribution in [1.29, 1.82) is 0 Å². The normalized spacial score (nSPS) is 37.0. The van der Waals surface area contributed by atoms with E-state index >= 15 is 0 Å². The molecule has 68 valence electrons. The Morgan fingerprint density at radius 1 is 1.46 bits per heavy atom. The molecule has 0 saturated heterocycles. The summed E-state index contributed by atoms with van der Waals surface area (Å²) in [6.07, 6.45) is 11.6. The summed E-state index contributed by atoms with van der Waals surface area (Å²) in [6, 6.07) is 0.205. The van der Waals surface area contributed by atoms with E-state index in [0.29, 0.717) is 0 Å². The van der Waals surface area contributed by atoms with Crippen LogP contribution >= 0.6 is 0 Å². The first kappa shape index (κ1) is 7.54. The van der Waals surface area contributed by atoms with Crippen LogP contribution < -0.4 is 0 Å². The summed E-state index contributed by atoms with van der Waals surface area (Å²) in [5.74, 6) is 0. The summed E-state index contributed by atoms with van der Waals surface area (Å²) >= 11 is 0. The number of hydroxylamine groups is 2. The summed E-state index contributed by atoms with van der Waals surface area (Å²) in [5.41, 5.74) is 2.53. The first-order chi connectivity index (χ1) is 6.36. The van der Waals surface area contributed by atoms with Crippen LogP contribution in [0.25, 0.3) is 0 Å². The van der Waals surface area contributed by atoms with Gasteiger partial charge in [0.1, 0.15) is 0 Å². The molecular weight excluding hydrogens is 162 g/mol. The zero-order valence-electron chi connectivity index (χ0n) is 7.44. The molecule has 2 heteroatoms. The number of rotatable bonds is 0. The highest BCUT2D eigenvalue weighted by atomic mass is 16.5. The van der Waals surface area contributed by atoms with Crippen LogP contribution in [0.2, 0.25) is 0 Å². The van der Waals surface area contributed by atoms with E-state index in [0.717, 1.165) is 12.8 Å². The first-order valence-electron chi connectivity index (χ1n) is 4.90. The van der Waals surface area contributed by atoms with Crippen molar-refractivity contribution in [2.75, 3.05) is 0 Å². The molecule has 2 aliphatic carbocycles. The Bertz CT molecular complexity index is 327. The van der Waals surface area contributed by atoms with Gasteiger partial charge in [0, 0.05) is 12.1 Å². The van der Waals surface area contributed by atoms with Crippen molar-refractivity contribution < 1.29 is 0 Å². The molecule has 2 atom stereocenters. The Morgan fingerprint density at radius 2 is 2.38 bits per heavy atom. The summed E-state index contributed by atoms with van der Waals surface area (Å²) in [5, 5.41) is 13.1. The number of fused-ring (bicyclic) bond motifs is 2. The lowest BCUT2D eigenvalue weighted by Gasteiger charge is -2.44. The number of allylic oxidation sites excluding steroid dienone is 2. The van der Waals surface area contributed by atoms with Crippen LogP contribution in [0.15, 0.2) is 35.5 Å². The minimum Gasteiger partial charge on any atom is -0.784 e. The van der Waals surface area contributed by atoms with E-state index < -0.39 is 0 Å². The van der Waals surface area contributed by atoms with Gasteiger partial charge in [-0.15, -0.1) is 0 Å². The molecule has 3 aliphatic rings. The molecule has 1 fully saturated rings. The summed E-state index contributed by atoms with van der Waals surface area (Å²) < 4.78 is 0. The van der Waals surface area contributed by atoms with Crippen LogP contribution in [0.3, 0.4) is 0 Å². The molecule has 0 aromatic heterocycles. The van der Waals surface area contributed by atoms with E-state index in [4.69, 9.17) is 0 Å². The summed E-state index contributed by atoms with van der Waals surface area (Å²) in [7, 11) is 0. The lowest BCUT2D eigenvalue weighted by atomic mass is 9.97. The zero-order chi connectivity index (χ0) is 8.84. The van der Waals surface area contributed by atoms with Crippen molar-refractivity contribution in [2.24, 2.45) is 0 Å². The van der Waals surface area contributed by atoms with E-state index in [1.807, 2.05) is 12.2 Å². The highest BCUT2D eigenvalue weighted by Crippen LogP contribution is 2.38. The smallest absolute Gasteiger partial charge is 0.0425 e. The Morgan fingerprint density at radius 3 is 3.31 bits per heavy atom. The molecule has 0 amide bonds. The van der Waals surface area contributed by atoms with Gasteiger partial charge in [-0.05, 0) is 24.8 Å². The van der Waals surface area contributed by atoms with Gasteiger partial charge in [0.2, 0.25) is 0 Å². The Hall–Kier alpha value is -0.860. The van der Waals surface area contributed by atoms with Crippen molar-refractivity contribution in [2.45, 2.75) is 31.3 Å². The fourth-order valence-electron chi connectivity index (χ4n) is 2.57. The third kappa shape index (κ3) is 0.960. The summed E-state index contributed by atoms with van der Waals surface area (Å²) in [6.45, 7) is 0. The molecule has 0 aromatic rings. The Labute approximate surface area is 77.8 Å². The molecule has 0 bridgehead atoms. The average molecular weight is 174 g/mol. The highest BCUT2D eigenvalue weighted by Gasteiger charge is 2.31. The van der Waals surface area contributed by atoms with Gasteiger partial charge in [-0.25, -0.2) is 0 Å². The van der Waals surface area contributed by atoms with Crippen LogP contribution in [0.1, 0.15) is 19.3 Å². The Balaban J connectivity index is 2.04. The van der Waals surface area contributed by atoms with E-state index in [9.17, 15) is 5.21 Å². The predicted octanol–water partition coefficient (Wildman–Crippen LogP) is 2.14. The van der Waals surface area contributed by atoms with Gasteiger partial charge < -0.3 is 10.3 Å². The van der Waals surface area contributed by atoms with Gasteiger partial charge in [-0.2, -0.15) is 0 Å². The fraction of sp³-hybridized carbons (Fsp3) is 0.455. The standard InChI is InChI=1S/C11H12NO/c13-12-10-5-1-3-8(10)7-9-4-2-6-11(9)12/h1,3,5,7,10-11H,2,4,6H2/q-1. The molecular formula is C11H12NO-. The van der Waals surface area contributed by atoms with Crippen LogP contribution in [0.5, 0.6) is 0 Å². The minimum absolute atomic E-state index is 0.0202. The molecule has 0 N–H and O–H groups in total. The molecule has 0 radical (unpaired) electrons. The molecule has 0 spiro atoms. The summed E-state index contributed by atoms with van der Waals surface area (Å²) in [4.78, 5) is 0. The fourth-order valence-corrected chi connectivity index (χ4v) is 2.57. The van der Waals surface area contributed by atoms with Crippen LogP contribution in [-0.2, 0) is 0 Å². The van der Waals surface area contributed by atoms with Crippen LogP contribution in [0.4, 0.5) is 0 Å². The molecule has 3 rings (SSSR count). The van der Waals surface area contributed by atoms with Gasteiger partial charge in [0.25, 0.3) is 0 Å². The van der Waals surface area contributed by atoms with Crippen LogP contribution in [0, 0.1) is 5.21 Å². The maximum Gasteiger partial charge on any atom is 0.0425 e. The second kappa shape index (κ2) is 2.56. The van der Waals surface area contributed by atoms with Crippen molar-refractivity contribution in [3.8, 4) is 0 Å². The number of hydrogen-bond acceptors (Lipinski definition) is 2. The van der Waals surface area contributed by atoms with E-state index in [1.165, 1.54) is 22.6 Å². The SMILES string of the molecule is [O-]N1C2C=CC=C2C=C2CCCC21. The highest BCUT2D eigenvalue weighted by molar-refractivity contribution is 5.45. The first-order valence-corrected chi connectivity index (χ1v) is 4.90. The minimum atomic E-state index is 0.0202. The lowest BCUT2D eigenvalue weighted by molar-refractivity contribution is 0.285. The third-order valence-electron chi connectivity index (χ3n) is 3.23. The molecule has 0 aromatic carbocycles. The molecule has 13 heavy (non-hydrogen) atoms. The van der Waals surface area contributed by atoms with Crippen molar-refractivity contribution in [1.82, 2.24) is 5.06 Å². The van der Waals surface area contributed by atoms with Gasteiger partial charge >= 0.3 is 0 Å². The van der Waals surface area contributed by atoms with Crippen molar-refractivity contribution in [3.05, 3.63) is 40.7 Å². The monoisotopic (exact) mass is 174 g/mol. The van der Waals surface area contributed by atoms with Gasteiger partial charge in [-0.3, -0.25) is 0 Å². The van der Waals surface area contributed by atoms with Crippen molar-refractivity contribution >= 4 is 0 Å². The van der Waals surface area contributed by atoms with E-state index in [-0.39, 0.29) is 12.1 Å². The average Bonchev–Trinajstić information content (AvgIpc) is 2.71. The van der Waals surface area contributed by atoms with E-state index in [2.05, 4.69) is 12.2 Å². The molecule has 2 unspecified atom stereocenters. The second-order valence-electron chi connectivity index (χ2n) is 3.98. The maximum absolute atomic E-state index is 11.9. The van der Waals surface area contributed by atoms with Crippen LogP contribution in [-0.4, -0.2) is 17.1 Å². The predicted molar refractivity (Wildman–Crippen MR) is 51.9 cm³/mol. The quantitative estimate of drug-likeness (QED) is 0.562. The lowest BCUT2D eigenvalue weighted by Crippen LogP contribution is -2.40. The zero-order valence-corrected chi connectivity index (χ0v) is 7.44. The number of nitrogens with zero attached hydrogens (tertiary/aromatic N) is 1. The van der Waals surface area contributed by atoms with Gasteiger partial charge in [0.05, 0.1) is 0 Å². The number of hydrogen-bond donors (Lipinski definition) is 0. The molecule has 1 heterocycles. The second-order valence-corrected chi connectivity index (χ2v) is 3.98. The maximum atomic E-state index is 11.9.